The highest BCUT2D eigenvalue weighted by Gasteiger charge is 2.13. The Morgan fingerprint density at radius 2 is 2.00 bits per heavy atom. The minimum absolute atomic E-state index is 0.109. The Balaban J connectivity index is 1.74. The molecule has 7 nitrogen and oxygen atoms in total. The number of rotatable bonds is 8. The average molecular weight is 474 g/mol. The number of esters is 1. The van der Waals surface area contributed by atoms with Gasteiger partial charge in [-0.15, -0.1) is 11.8 Å². The lowest BCUT2D eigenvalue weighted by molar-refractivity contribution is -0.384. The second-order valence-corrected chi connectivity index (χ2v) is 7.56. The number of nitro benzene ring substituents is 1. The summed E-state index contributed by atoms with van der Waals surface area (Å²) in [7, 11) is 0. The molecule has 0 radical (unpaired) electrons. The van der Waals surface area contributed by atoms with Crippen LogP contribution in [-0.2, 0) is 14.3 Å². The maximum atomic E-state index is 11.9. The number of non-ortho nitro benzene ring substituents is 1. The van der Waals surface area contributed by atoms with Crippen LogP contribution in [0.15, 0.2) is 51.8 Å². The van der Waals surface area contributed by atoms with Gasteiger partial charge in [-0.25, -0.2) is 0 Å². The van der Waals surface area contributed by atoms with E-state index in [1.54, 1.807) is 6.07 Å². The van der Waals surface area contributed by atoms with E-state index in [2.05, 4.69) is 21.2 Å². The van der Waals surface area contributed by atoms with Crippen molar-refractivity contribution >= 4 is 62.5 Å². The summed E-state index contributed by atoms with van der Waals surface area (Å²) in [5.41, 5.74) is 0.234. The molecule has 0 aliphatic carbocycles. The maximum Gasteiger partial charge on any atom is 0.307 e. The Morgan fingerprint density at radius 1 is 1.26 bits per heavy atom. The molecular weight excluding hydrogens is 460 g/mol. The van der Waals surface area contributed by atoms with E-state index in [0.29, 0.717) is 20.9 Å². The zero-order valence-electron chi connectivity index (χ0n) is 13.8. The first-order valence-electron chi connectivity index (χ1n) is 7.63. The van der Waals surface area contributed by atoms with Gasteiger partial charge >= 0.3 is 5.97 Å². The normalized spacial score (nSPS) is 10.3. The van der Waals surface area contributed by atoms with E-state index in [1.807, 2.05) is 18.2 Å². The minimum Gasteiger partial charge on any atom is -0.456 e. The number of nitrogens with one attached hydrogen (secondary N) is 1. The number of thioether (sulfide) groups is 1. The first kappa shape index (κ1) is 21.2. The zero-order valence-corrected chi connectivity index (χ0v) is 17.0. The molecule has 27 heavy (non-hydrogen) atoms. The summed E-state index contributed by atoms with van der Waals surface area (Å²) in [6.07, 6.45) is 0.129. The van der Waals surface area contributed by atoms with Crippen molar-refractivity contribution in [2.24, 2.45) is 0 Å². The summed E-state index contributed by atoms with van der Waals surface area (Å²) in [5, 5.41) is 13.8. The number of nitrogens with zero attached hydrogens (tertiary/aromatic N) is 1. The molecule has 0 heterocycles. The molecule has 0 fully saturated rings. The van der Waals surface area contributed by atoms with Crippen LogP contribution in [0, 0.1) is 10.1 Å². The standard InChI is InChI=1S/C17H14BrClN2O5S/c18-12-9-11(21(24)25)5-6-14(12)20-16(22)10-26-17(23)7-8-27-15-4-2-1-3-13(15)19/h1-6,9H,7-8,10H2,(H,20,22). The SMILES string of the molecule is O=C(COC(=O)CCSc1ccccc1Cl)Nc1ccc([N+](=O)[O-])cc1Br. The molecule has 0 spiro atoms. The predicted molar refractivity (Wildman–Crippen MR) is 107 cm³/mol. The highest BCUT2D eigenvalue weighted by molar-refractivity contribution is 9.10. The molecule has 0 saturated heterocycles. The van der Waals surface area contributed by atoms with Crippen molar-refractivity contribution in [3.05, 3.63) is 62.1 Å². The lowest BCUT2D eigenvalue weighted by atomic mass is 10.3. The number of nitro groups is 1. The van der Waals surface area contributed by atoms with Crippen molar-refractivity contribution in [2.45, 2.75) is 11.3 Å². The summed E-state index contributed by atoms with van der Waals surface area (Å²) in [4.78, 5) is 34.6. The summed E-state index contributed by atoms with van der Waals surface area (Å²) >= 11 is 10.6. The van der Waals surface area contributed by atoms with Crippen LogP contribution in [0.2, 0.25) is 5.02 Å². The molecule has 1 amide bonds. The molecule has 0 unspecified atom stereocenters. The van der Waals surface area contributed by atoms with E-state index in [9.17, 15) is 19.7 Å². The molecule has 0 aliphatic rings. The second-order valence-electron chi connectivity index (χ2n) is 5.16. The highest BCUT2D eigenvalue weighted by atomic mass is 79.9. The molecule has 0 saturated carbocycles. The third-order valence-electron chi connectivity index (χ3n) is 3.20. The number of hydrogen-bond acceptors (Lipinski definition) is 6. The van der Waals surface area contributed by atoms with Gasteiger partial charge < -0.3 is 10.1 Å². The number of carbonyl (C=O) groups is 2. The zero-order chi connectivity index (χ0) is 19.8. The van der Waals surface area contributed by atoms with Crippen LogP contribution in [-0.4, -0.2) is 29.2 Å². The molecule has 0 aromatic heterocycles. The Labute approximate surface area is 172 Å². The van der Waals surface area contributed by atoms with Gasteiger partial charge in [0.2, 0.25) is 0 Å². The molecule has 1 N–H and O–H groups in total. The smallest absolute Gasteiger partial charge is 0.307 e. The molecule has 0 bridgehead atoms. The number of anilines is 1. The first-order valence-corrected chi connectivity index (χ1v) is 9.79. The largest absolute Gasteiger partial charge is 0.456 e. The van der Waals surface area contributed by atoms with Crippen molar-refractivity contribution in [3.8, 4) is 0 Å². The monoisotopic (exact) mass is 472 g/mol. The number of benzene rings is 2. The third kappa shape index (κ3) is 6.85. The number of amides is 1. The molecule has 2 rings (SSSR count). The van der Waals surface area contributed by atoms with Crippen LogP contribution in [0.25, 0.3) is 0 Å². The number of carbonyl (C=O) groups excluding carboxylic acids is 2. The molecule has 142 valence electrons. The van der Waals surface area contributed by atoms with E-state index < -0.39 is 23.4 Å². The van der Waals surface area contributed by atoms with Crippen LogP contribution >= 0.6 is 39.3 Å². The van der Waals surface area contributed by atoms with Gasteiger partial charge in [0, 0.05) is 27.3 Å². The highest BCUT2D eigenvalue weighted by Crippen LogP contribution is 2.28. The second kappa shape index (κ2) is 10.3. The molecule has 2 aromatic rings. The minimum atomic E-state index is -0.545. The predicted octanol–water partition coefficient (Wildman–Crippen LogP) is 4.67. The summed E-state index contributed by atoms with van der Waals surface area (Å²) in [6.45, 7) is -0.445. The number of ether oxygens (including phenoxy) is 1. The third-order valence-corrected chi connectivity index (χ3v) is 5.38. The fourth-order valence-electron chi connectivity index (χ4n) is 1.93. The lowest BCUT2D eigenvalue weighted by Gasteiger charge is -2.08. The van der Waals surface area contributed by atoms with Crippen LogP contribution < -0.4 is 5.32 Å². The topological polar surface area (TPSA) is 98.5 Å². The van der Waals surface area contributed by atoms with Gasteiger partial charge in [-0.05, 0) is 34.1 Å². The number of hydrogen-bond donors (Lipinski definition) is 1. The van der Waals surface area contributed by atoms with E-state index >= 15 is 0 Å². The Kier molecular flexibility index (Phi) is 8.08. The summed E-state index contributed by atoms with van der Waals surface area (Å²) < 4.78 is 5.28. The van der Waals surface area contributed by atoms with Gasteiger partial charge in [0.25, 0.3) is 11.6 Å². The Morgan fingerprint density at radius 3 is 2.67 bits per heavy atom. The van der Waals surface area contributed by atoms with E-state index in [-0.39, 0.29) is 12.1 Å². The Bertz CT molecular complexity index is 865. The molecular formula is C17H14BrClN2O5S. The van der Waals surface area contributed by atoms with Crippen molar-refractivity contribution in [1.82, 2.24) is 0 Å². The van der Waals surface area contributed by atoms with Crippen molar-refractivity contribution < 1.29 is 19.2 Å². The van der Waals surface area contributed by atoms with Crippen LogP contribution in [0.1, 0.15) is 6.42 Å². The van der Waals surface area contributed by atoms with Gasteiger partial charge in [-0.3, -0.25) is 19.7 Å². The van der Waals surface area contributed by atoms with E-state index in [1.165, 1.54) is 30.0 Å². The number of halogens is 2. The maximum absolute atomic E-state index is 11.9. The van der Waals surface area contributed by atoms with Gasteiger partial charge in [0.15, 0.2) is 6.61 Å². The van der Waals surface area contributed by atoms with Gasteiger partial charge in [-0.2, -0.15) is 0 Å². The lowest BCUT2D eigenvalue weighted by Crippen LogP contribution is -2.21. The van der Waals surface area contributed by atoms with E-state index in [4.69, 9.17) is 16.3 Å². The Hall–Kier alpha value is -2.10. The average Bonchev–Trinajstić information content (AvgIpc) is 2.63. The van der Waals surface area contributed by atoms with Gasteiger partial charge in [0.05, 0.1) is 22.1 Å². The molecule has 2 aromatic carbocycles. The molecule has 0 atom stereocenters. The van der Waals surface area contributed by atoms with Crippen LogP contribution in [0.4, 0.5) is 11.4 Å². The van der Waals surface area contributed by atoms with Crippen molar-refractivity contribution in [3.63, 3.8) is 0 Å². The summed E-state index contributed by atoms with van der Waals surface area (Å²) in [6, 6.07) is 11.2. The quantitative estimate of drug-likeness (QED) is 0.259. The van der Waals surface area contributed by atoms with Crippen LogP contribution in [0.5, 0.6) is 0 Å². The molecule has 0 aliphatic heterocycles. The van der Waals surface area contributed by atoms with Gasteiger partial charge in [-0.1, -0.05) is 23.7 Å². The first-order chi connectivity index (χ1) is 12.9. The summed E-state index contributed by atoms with van der Waals surface area (Å²) in [5.74, 6) is -0.581. The van der Waals surface area contributed by atoms with E-state index in [0.717, 1.165) is 4.90 Å². The van der Waals surface area contributed by atoms with Gasteiger partial charge in [0.1, 0.15) is 0 Å². The van der Waals surface area contributed by atoms with Crippen LogP contribution in [0.3, 0.4) is 0 Å². The van der Waals surface area contributed by atoms with Crippen molar-refractivity contribution in [1.29, 1.82) is 0 Å². The van der Waals surface area contributed by atoms with Crippen molar-refractivity contribution in [2.75, 3.05) is 17.7 Å². The fraction of sp³-hybridized carbons (Fsp3) is 0.176. The molecule has 10 heteroatoms. The fourth-order valence-corrected chi connectivity index (χ4v) is 3.56.